The number of carbonyl (C=O) groups excluding carboxylic acids is 2. The Labute approximate surface area is 129 Å². The minimum atomic E-state index is -0.346. The number of carbonyl (C=O) groups is 2. The molecule has 0 aliphatic carbocycles. The first-order valence-electron chi connectivity index (χ1n) is 7.20. The summed E-state index contributed by atoms with van der Waals surface area (Å²) in [6.07, 6.45) is 4.91. The Morgan fingerprint density at radius 3 is 2.73 bits per heavy atom. The van der Waals surface area contributed by atoms with Crippen molar-refractivity contribution in [3.8, 4) is 0 Å². The zero-order chi connectivity index (χ0) is 15.9. The molecule has 1 aliphatic heterocycles. The number of allylic oxidation sites excluding steroid dienone is 1. The molecule has 1 saturated heterocycles. The third-order valence-electron chi connectivity index (χ3n) is 3.82. The van der Waals surface area contributed by atoms with Crippen molar-refractivity contribution in [1.82, 2.24) is 10.2 Å². The van der Waals surface area contributed by atoms with Gasteiger partial charge in [-0.05, 0) is 24.0 Å². The lowest BCUT2D eigenvalue weighted by Crippen LogP contribution is -2.42. The summed E-state index contributed by atoms with van der Waals surface area (Å²) in [6, 6.07) is 7.14. The lowest BCUT2D eigenvalue weighted by molar-refractivity contribution is -0.131. The predicted molar refractivity (Wildman–Crippen MR) is 85.0 cm³/mol. The molecule has 1 aromatic rings. The van der Waals surface area contributed by atoms with Crippen LogP contribution in [0.3, 0.4) is 0 Å². The van der Waals surface area contributed by atoms with E-state index < -0.39 is 0 Å². The van der Waals surface area contributed by atoms with Gasteiger partial charge in [-0.3, -0.25) is 9.59 Å². The molecule has 22 heavy (non-hydrogen) atoms. The topological polar surface area (TPSA) is 99.3 Å². The molecule has 1 fully saturated rings. The van der Waals surface area contributed by atoms with Gasteiger partial charge < -0.3 is 21.4 Å². The summed E-state index contributed by atoms with van der Waals surface area (Å²) < 4.78 is 0. The number of rotatable bonds is 6. The molecule has 0 saturated carbocycles. The second-order valence-electron chi connectivity index (χ2n) is 5.18. The molecule has 4 N–H and O–H groups in total. The van der Waals surface area contributed by atoms with Gasteiger partial charge in [0.25, 0.3) is 0 Å². The van der Waals surface area contributed by atoms with Gasteiger partial charge in [0.15, 0.2) is 0 Å². The van der Waals surface area contributed by atoms with Crippen LogP contribution in [0.2, 0.25) is 0 Å². The van der Waals surface area contributed by atoms with Crippen LogP contribution in [0, 0.1) is 5.41 Å². The summed E-state index contributed by atoms with van der Waals surface area (Å²) in [5.74, 6) is -0.115. The van der Waals surface area contributed by atoms with E-state index >= 15 is 0 Å². The predicted octanol–water partition coefficient (Wildman–Crippen LogP) is 0.873. The number of nitrogens with two attached hydrogens (primary N) is 1. The fourth-order valence-electron chi connectivity index (χ4n) is 2.55. The molecule has 2 rings (SSSR count). The Bertz CT molecular complexity index is 580. The van der Waals surface area contributed by atoms with Crippen LogP contribution in [-0.4, -0.2) is 36.0 Å². The van der Waals surface area contributed by atoms with Crippen molar-refractivity contribution in [2.75, 3.05) is 6.54 Å². The highest BCUT2D eigenvalue weighted by atomic mass is 16.2. The normalized spacial score (nSPS) is 18.1. The average molecular weight is 300 g/mol. The minimum Gasteiger partial charge on any atom is -0.404 e. The third-order valence-corrected chi connectivity index (χ3v) is 3.82. The Kier molecular flexibility index (Phi) is 5.30. The van der Waals surface area contributed by atoms with E-state index in [2.05, 4.69) is 5.32 Å². The van der Waals surface area contributed by atoms with Crippen LogP contribution in [0.25, 0.3) is 5.57 Å². The summed E-state index contributed by atoms with van der Waals surface area (Å²) in [7, 11) is 0. The van der Waals surface area contributed by atoms with Crippen molar-refractivity contribution in [2.45, 2.75) is 25.4 Å². The molecule has 0 spiro atoms. The molecule has 6 nitrogen and oxygen atoms in total. The number of hydrogen-bond acceptors (Lipinski definition) is 4. The Morgan fingerprint density at radius 2 is 2.14 bits per heavy atom. The van der Waals surface area contributed by atoms with Crippen molar-refractivity contribution < 1.29 is 9.59 Å². The maximum atomic E-state index is 12.1. The second kappa shape index (κ2) is 7.40. The highest BCUT2D eigenvalue weighted by molar-refractivity contribution is 6.08. The third kappa shape index (κ3) is 3.52. The van der Waals surface area contributed by atoms with Crippen LogP contribution in [0.5, 0.6) is 0 Å². The smallest absolute Gasteiger partial charge is 0.243 e. The highest BCUT2D eigenvalue weighted by Crippen LogP contribution is 2.16. The van der Waals surface area contributed by atoms with Crippen molar-refractivity contribution >= 4 is 24.1 Å². The molecule has 116 valence electrons. The van der Waals surface area contributed by atoms with E-state index in [1.54, 1.807) is 4.90 Å². The van der Waals surface area contributed by atoms with Gasteiger partial charge >= 0.3 is 0 Å². The molecule has 0 bridgehead atoms. The first-order valence-corrected chi connectivity index (χ1v) is 7.20. The number of nitrogens with zero attached hydrogens (tertiary/aromatic N) is 1. The van der Waals surface area contributed by atoms with Gasteiger partial charge in [-0.2, -0.15) is 0 Å². The maximum Gasteiger partial charge on any atom is 0.243 e. The minimum absolute atomic E-state index is 0.115. The Hall–Kier alpha value is -2.63. The molecule has 1 aromatic carbocycles. The van der Waals surface area contributed by atoms with E-state index in [0.717, 1.165) is 24.0 Å². The van der Waals surface area contributed by atoms with Gasteiger partial charge in [0.1, 0.15) is 6.04 Å². The first kappa shape index (κ1) is 15.8. The zero-order valence-corrected chi connectivity index (χ0v) is 12.3. The summed E-state index contributed by atoms with van der Waals surface area (Å²) in [5.41, 5.74) is 7.90. The van der Waals surface area contributed by atoms with Crippen LogP contribution in [0.1, 0.15) is 24.0 Å². The Balaban J connectivity index is 1.93. The Morgan fingerprint density at radius 1 is 1.41 bits per heavy atom. The lowest BCUT2D eigenvalue weighted by Gasteiger charge is -2.19. The van der Waals surface area contributed by atoms with Crippen molar-refractivity contribution in [1.29, 1.82) is 5.41 Å². The molecule has 0 aromatic heterocycles. The van der Waals surface area contributed by atoms with Crippen LogP contribution in [-0.2, 0) is 16.1 Å². The standard InChI is InChI=1S/C16H20N4O2/c17-8-14(9-18)13-5-3-12(4-6-13)10-19-16(22)15-2-1-7-20(15)11-21/h3-6,8-9,11,15,17H,1-2,7,10,18H2,(H,19,22)/b14-9+,17-8?. The van der Waals surface area contributed by atoms with Crippen LogP contribution >= 0.6 is 0 Å². The number of hydrogen-bond donors (Lipinski definition) is 3. The summed E-state index contributed by atoms with van der Waals surface area (Å²) in [5, 5.41) is 10.1. The van der Waals surface area contributed by atoms with Gasteiger partial charge in [-0.25, -0.2) is 0 Å². The van der Waals surface area contributed by atoms with Gasteiger partial charge in [0.2, 0.25) is 12.3 Å². The van der Waals surface area contributed by atoms with Crippen LogP contribution < -0.4 is 11.1 Å². The molecule has 1 heterocycles. The van der Waals surface area contributed by atoms with Gasteiger partial charge in [0.05, 0.1) is 0 Å². The summed E-state index contributed by atoms with van der Waals surface area (Å²) in [6.45, 7) is 1.06. The maximum absolute atomic E-state index is 12.1. The number of likely N-dealkylation sites (tertiary alicyclic amines) is 1. The van der Waals surface area contributed by atoms with Crippen molar-refractivity contribution in [3.05, 3.63) is 41.6 Å². The number of benzene rings is 1. The molecule has 1 aliphatic rings. The van der Waals surface area contributed by atoms with E-state index in [0.29, 0.717) is 25.1 Å². The lowest BCUT2D eigenvalue weighted by atomic mass is 10.1. The molecule has 6 heteroatoms. The molecule has 0 radical (unpaired) electrons. The van der Waals surface area contributed by atoms with Gasteiger partial charge in [-0.15, -0.1) is 0 Å². The molecule has 2 amide bonds. The van der Waals surface area contributed by atoms with Crippen LogP contribution in [0.4, 0.5) is 0 Å². The van der Waals surface area contributed by atoms with E-state index in [4.69, 9.17) is 11.1 Å². The fourth-order valence-corrected chi connectivity index (χ4v) is 2.55. The quantitative estimate of drug-likeness (QED) is 0.537. The van der Waals surface area contributed by atoms with E-state index in [9.17, 15) is 9.59 Å². The van der Waals surface area contributed by atoms with Crippen molar-refractivity contribution in [2.24, 2.45) is 5.73 Å². The number of nitrogens with one attached hydrogen (secondary N) is 2. The van der Waals surface area contributed by atoms with Gasteiger partial charge in [0, 0.05) is 31.1 Å². The van der Waals surface area contributed by atoms with Crippen LogP contribution in [0.15, 0.2) is 30.5 Å². The average Bonchev–Trinajstić information content (AvgIpc) is 3.03. The highest BCUT2D eigenvalue weighted by Gasteiger charge is 2.29. The summed E-state index contributed by atoms with van der Waals surface area (Å²) in [4.78, 5) is 24.5. The van der Waals surface area contributed by atoms with Gasteiger partial charge in [-0.1, -0.05) is 24.3 Å². The largest absolute Gasteiger partial charge is 0.404 e. The van der Waals surface area contributed by atoms with E-state index in [-0.39, 0.29) is 11.9 Å². The molecule has 1 unspecified atom stereocenters. The zero-order valence-electron chi connectivity index (χ0n) is 12.3. The first-order chi connectivity index (χ1) is 10.7. The monoisotopic (exact) mass is 300 g/mol. The SMILES string of the molecule is N=C/C(=C\N)c1ccc(CNC(=O)C2CCCN2C=O)cc1. The second-order valence-corrected chi connectivity index (χ2v) is 5.18. The van der Waals surface area contributed by atoms with E-state index in [1.807, 2.05) is 24.3 Å². The summed E-state index contributed by atoms with van der Waals surface area (Å²) >= 11 is 0. The number of amides is 2. The molecule has 1 atom stereocenters. The van der Waals surface area contributed by atoms with E-state index in [1.165, 1.54) is 12.4 Å². The molecular weight excluding hydrogens is 280 g/mol. The fraction of sp³-hybridized carbons (Fsp3) is 0.312. The molecular formula is C16H20N4O2. The van der Waals surface area contributed by atoms with Crippen molar-refractivity contribution in [3.63, 3.8) is 0 Å².